The van der Waals surface area contributed by atoms with Gasteiger partial charge in [0, 0.05) is 36.8 Å². The summed E-state index contributed by atoms with van der Waals surface area (Å²) in [6, 6.07) is 5.34. The Morgan fingerprint density at radius 3 is 2.26 bits per heavy atom. The average Bonchev–Trinajstić information content (AvgIpc) is 2.55. The molecule has 0 unspecified atom stereocenters. The molecule has 1 aliphatic carbocycles. The Bertz CT molecular complexity index is 580. The number of urea groups is 1. The minimum Gasteiger partial charge on any atom is -0.359 e. The number of non-ortho nitro benzene ring substituents is 1. The zero-order valence-corrected chi connectivity index (χ0v) is 12.9. The molecule has 23 heavy (non-hydrogen) atoms. The molecule has 1 aromatic carbocycles. The predicted molar refractivity (Wildman–Crippen MR) is 85.1 cm³/mol. The largest absolute Gasteiger partial charge is 0.359 e. The molecule has 0 saturated heterocycles. The standard InChI is InChI=1S/C15H20N4O4/c1-16-14(20)10-2-4-11(5-3-10)17-15(21)18-12-6-8-13(9-7-12)19(22)23/h6-11H,2-5H2,1H3,(H,16,20)(H2,17,18,21). The SMILES string of the molecule is CNC(=O)C1CCC(NC(=O)Nc2ccc([N+](=O)[O-])cc2)CC1. The van der Waals surface area contributed by atoms with Crippen molar-refractivity contribution < 1.29 is 14.5 Å². The number of carbonyl (C=O) groups is 2. The number of hydrogen-bond acceptors (Lipinski definition) is 4. The van der Waals surface area contributed by atoms with Gasteiger partial charge in [-0.15, -0.1) is 0 Å². The first kappa shape index (κ1) is 16.7. The third kappa shape index (κ3) is 4.67. The lowest BCUT2D eigenvalue weighted by Crippen LogP contribution is -2.42. The smallest absolute Gasteiger partial charge is 0.319 e. The van der Waals surface area contributed by atoms with Crippen molar-refractivity contribution in [2.45, 2.75) is 31.7 Å². The molecule has 0 radical (unpaired) electrons. The molecule has 3 amide bonds. The van der Waals surface area contributed by atoms with Crippen molar-refractivity contribution >= 4 is 23.3 Å². The molecule has 0 bridgehead atoms. The summed E-state index contributed by atoms with van der Waals surface area (Å²) in [6.07, 6.45) is 3.02. The van der Waals surface area contributed by atoms with Crippen LogP contribution in [0.5, 0.6) is 0 Å². The molecule has 0 heterocycles. The molecule has 124 valence electrons. The number of nitro benzene ring substituents is 1. The Morgan fingerprint density at radius 1 is 1.13 bits per heavy atom. The molecule has 8 nitrogen and oxygen atoms in total. The van der Waals surface area contributed by atoms with Crippen molar-refractivity contribution in [3.63, 3.8) is 0 Å². The van der Waals surface area contributed by atoms with E-state index in [1.165, 1.54) is 24.3 Å². The lowest BCUT2D eigenvalue weighted by Gasteiger charge is -2.28. The first-order valence-electron chi connectivity index (χ1n) is 7.53. The fraction of sp³-hybridized carbons (Fsp3) is 0.467. The van der Waals surface area contributed by atoms with Gasteiger partial charge in [0.15, 0.2) is 0 Å². The lowest BCUT2D eigenvalue weighted by atomic mass is 9.85. The van der Waals surface area contributed by atoms with E-state index in [1.807, 2.05) is 0 Å². The highest BCUT2D eigenvalue weighted by Crippen LogP contribution is 2.24. The third-order valence-corrected chi connectivity index (χ3v) is 4.02. The van der Waals surface area contributed by atoms with E-state index in [4.69, 9.17) is 0 Å². The van der Waals surface area contributed by atoms with Crippen molar-refractivity contribution in [2.24, 2.45) is 5.92 Å². The van der Waals surface area contributed by atoms with Crippen LogP contribution in [-0.4, -0.2) is 30.0 Å². The monoisotopic (exact) mass is 320 g/mol. The summed E-state index contributed by atoms with van der Waals surface area (Å²) in [7, 11) is 1.63. The lowest BCUT2D eigenvalue weighted by molar-refractivity contribution is -0.384. The maximum Gasteiger partial charge on any atom is 0.319 e. The topological polar surface area (TPSA) is 113 Å². The molecule has 1 aromatic rings. The molecule has 0 aromatic heterocycles. The first-order chi connectivity index (χ1) is 11.0. The average molecular weight is 320 g/mol. The van der Waals surface area contributed by atoms with E-state index in [0.717, 1.165) is 25.7 Å². The van der Waals surface area contributed by atoms with Crippen molar-refractivity contribution in [3.8, 4) is 0 Å². The maximum atomic E-state index is 11.9. The molecular weight excluding hydrogens is 300 g/mol. The summed E-state index contributed by atoms with van der Waals surface area (Å²) in [5.74, 6) is 0.0783. The number of nitrogens with one attached hydrogen (secondary N) is 3. The van der Waals surface area contributed by atoms with Gasteiger partial charge in [0.05, 0.1) is 4.92 Å². The first-order valence-corrected chi connectivity index (χ1v) is 7.53. The molecule has 0 aliphatic heterocycles. The van der Waals surface area contributed by atoms with Crippen LogP contribution in [0.15, 0.2) is 24.3 Å². The van der Waals surface area contributed by atoms with Crippen LogP contribution in [0.2, 0.25) is 0 Å². The van der Waals surface area contributed by atoms with Gasteiger partial charge in [0.1, 0.15) is 0 Å². The number of carbonyl (C=O) groups excluding carboxylic acids is 2. The van der Waals surface area contributed by atoms with Crippen LogP contribution >= 0.6 is 0 Å². The molecule has 1 aliphatic rings. The number of rotatable bonds is 4. The van der Waals surface area contributed by atoms with Crippen molar-refractivity contribution in [1.29, 1.82) is 0 Å². The van der Waals surface area contributed by atoms with Gasteiger partial charge in [-0.05, 0) is 37.8 Å². The van der Waals surface area contributed by atoms with Crippen LogP contribution in [0.1, 0.15) is 25.7 Å². The minimum absolute atomic E-state index is 0.0239. The Morgan fingerprint density at radius 2 is 1.74 bits per heavy atom. The molecular formula is C15H20N4O4. The molecule has 1 saturated carbocycles. The molecule has 8 heteroatoms. The van der Waals surface area contributed by atoms with Gasteiger partial charge < -0.3 is 16.0 Å². The quantitative estimate of drug-likeness (QED) is 0.581. The van der Waals surface area contributed by atoms with Gasteiger partial charge in [-0.2, -0.15) is 0 Å². The number of nitro groups is 1. The van der Waals surface area contributed by atoms with Crippen LogP contribution in [0.4, 0.5) is 16.2 Å². The van der Waals surface area contributed by atoms with E-state index in [9.17, 15) is 19.7 Å². The highest BCUT2D eigenvalue weighted by atomic mass is 16.6. The van der Waals surface area contributed by atoms with Crippen LogP contribution < -0.4 is 16.0 Å². The Kier molecular flexibility index (Phi) is 5.51. The molecule has 3 N–H and O–H groups in total. The molecule has 2 rings (SSSR count). The van der Waals surface area contributed by atoms with Gasteiger partial charge in [-0.3, -0.25) is 14.9 Å². The molecule has 0 spiro atoms. The van der Waals surface area contributed by atoms with Crippen molar-refractivity contribution in [3.05, 3.63) is 34.4 Å². The summed E-state index contributed by atoms with van der Waals surface area (Å²) in [6.45, 7) is 0. The molecule has 0 atom stereocenters. The van der Waals surface area contributed by atoms with Gasteiger partial charge in [0.25, 0.3) is 5.69 Å². The summed E-state index contributed by atoms with van der Waals surface area (Å²) < 4.78 is 0. The fourth-order valence-electron chi connectivity index (χ4n) is 2.72. The van der Waals surface area contributed by atoms with Gasteiger partial charge in [0.2, 0.25) is 5.91 Å². The molecule has 1 fully saturated rings. The Hall–Kier alpha value is -2.64. The zero-order valence-electron chi connectivity index (χ0n) is 12.9. The normalized spacial score (nSPS) is 20.4. The second-order valence-electron chi connectivity index (χ2n) is 5.57. The van der Waals surface area contributed by atoms with Crippen LogP contribution in [0.25, 0.3) is 0 Å². The third-order valence-electron chi connectivity index (χ3n) is 4.02. The summed E-state index contributed by atoms with van der Waals surface area (Å²) in [5.41, 5.74) is 0.468. The van der Waals surface area contributed by atoms with E-state index in [2.05, 4.69) is 16.0 Å². The van der Waals surface area contributed by atoms with Gasteiger partial charge in [-0.25, -0.2) is 4.79 Å². The zero-order chi connectivity index (χ0) is 16.8. The summed E-state index contributed by atoms with van der Waals surface area (Å²) >= 11 is 0. The van der Waals surface area contributed by atoms with E-state index >= 15 is 0 Å². The highest BCUT2D eigenvalue weighted by molar-refractivity contribution is 5.89. The van der Waals surface area contributed by atoms with Gasteiger partial charge in [-0.1, -0.05) is 0 Å². The number of nitrogens with zero attached hydrogens (tertiary/aromatic N) is 1. The predicted octanol–water partition coefficient (Wildman–Crippen LogP) is 2.02. The number of anilines is 1. The second-order valence-corrected chi connectivity index (χ2v) is 5.57. The van der Waals surface area contributed by atoms with E-state index in [0.29, 0.717) is 5.69 Å². The van der Waals surface area contributed by atoms with Crippen LogP contribution in [0.3, 0.4) is 0 Å². The van der Waals surface area contributed by atoms with E-state index < -0.39 is 4.92 Å². The fourth-order valence-corrected chi connectivity index (χ4v) is 2.72. The summed E-state index contributed by atoms with van der Waals surface area (Å²) in [4.78, 5) is 33.6. The number of benzene rings is 1. The van der Waals surface area contributed by atoms with Crippen LogP contribution in [0, 0.1) is 16.0 Å². The maximum absolute atomic E-state index is 11.9. The van der Waals surface area contributed by atoms with Gasteiger partial charge >= 0.3 is 6.03 Å². The Labute approximate surface area is 133 Å². The number of hydrogen-bond donors (Lipinski definition) is 3. The van der Waals surface area contributed by atoms with E-state index in [1.54, 1.807) is 7.05 Å². The summed E-state index contributed by atoms with van der Waals surface area (Å²) in [5, 5.41) is 18.7. The highest BCUT2D eigenvalue weighted by Gasteiger charge is 2.26. The number of amides is 3. The Balaban J connectivity index is 1.79. The van der Waals surface area contributed by atoms with Crippen molar-refractivity contribution in [2.75, 3.05) is 12.4 Å². The van der Waals surface area contributed by atoms with E-state index in [-0.39, 0.29) is 29.6 Å². The van der Waals surface area contributed by atoms with Crippen LogP contribution in [-0.2, 0) is 4.79 Å². The second kappa shape index (κ2) is 7.57. The van der Waals surface area contributed by atoms with Crippen molar-refractivity contribution in [1.82, 2.24) is 10.6 Å². The minimum atomic E-state index is -0.491.